The molecule has 0 saturated heterocycles. The van der Waals surface area contributed by atoms with Crippen molar-refractivity contribution in [3.8, 4) is 22.3 Å². The average molecular weight is 628 g/mol. The molecule has 0 spiro atoms. The Labute approximate surface area is 285 Å². The number of anilines is 3. The predicted octanol–water partition coefficient (Wildman–Crippen LogP) is 13.3. The first-order chi connectivity index (χ1) is 24.1. The second-order valence-electron chi connectivity index (χ2n) is 13.7. The number of hydrogen-bond acceptors (Lipinski definition) is 2. The van der Waals surface area contributed by atoms with E-state index in [2.05, 4.69) is 183 Å². The van der Waals surface area contributed by atoms with Gasteiger partial charge in [0.2, 0.25) is 0 Å². The summed E-state index contributed by atoms with van der Waals surface area (Å²) < 4.78 is 6.84. The number of benzene rings is 8. The van der Waals surface area contributed by atoms with E-state index >= 15 is 0 Å². The van der Waals surface area contributed by atoms with Crippen LogP contribution in [-0.4, -0.2) is 0 Å². The van der Waals surface area contributed by atoms with Crippen LogP contribution in [0.3, 0.4) is 0 Å². The van der Waals surface area contributed by atoms with E-state index in [1.807, 2.05) is 0 Å². The molecule has 1 aliphatic carbocycles. The monoisotopic (exact) mass is 627 g/mol. The SMILES string of the molecule is CC1(C)c2ccccc2-c2c(N(c3ccc(-c4ccc5ccccc5c4)cc3)c3cccc4c3oc3ccc5ccccc5c34)cccc21. The molecule has 232 valence electrons. The van der Waals surface area contributed by atoms with E-state index in [9.17, 15) is 0 Å². The highest BCUT2D eigenvalue weighted by atomic mass is 16.3. The fourth-order valence-electron chi connectivity index (χ4n) is 8.23. The summed E-state index contributed by atoms with van der Waals surface area (Å²) in [6.07, 6.45) is 0. The molecular formula is C47H33NO. The second-order valence-corrected chi connectivity index (χ2v) is 13.7. The minimum atomic E-state index is -0.113. The maximum absolute atomic E-state index is 6.84. The quantitative estimate of drug-likeness (QED) is 0.193. The van der Waals surface area contributed by atoms with Crippen molar-refractivity contribution in [2.75, 3.05) is 4.90 Å². The second kappa shape index (κ2) is 10.4. The third-order valence-corrected chi connectivity index (χ3v) is 10.6. The van der Waals surface area contributed by atoms with E-state index in [-0.39, 0.29) is 5.41 Å². The van der Waals surface area contributed by atoms with Crippen LogP contribution < -0.4 is 4.90 Å². The number of hydrogen-bond donors (Lipinski definition) is 0. The first-order valence-electron chi connectivity index (χ1n) is 17.0. The Hall–Kier alpha value is -6.12. The smallest absolute Gasteiger partial charge is 0.159 e. The molecule has 49 heavy (non-hydrogen) atoms. The van der Waals surface area contributed by atoms with Crippen LogP contribution in [0, 0.1) is 0 Å². The third kappa shape index (κ3) is 4.14. The molecule has 10 rings (SSSR count). The Balaban J connectivity index is 1.22. The van der Waals surface area contributed by atoms with E-state index < -0.39 is 0 Å². The molecule has 2 nitrogen and oxygen atoms in total. The van der Waals surface area contributed by atoms with Gasteiger partial charge in [0, 0.05) is 27.4 Å². The Morgan fingerprint density at radius 1 is 0.490 bits per heavy atom. The van der Waals surface area contributed by atoms with E-state index in [1.54, 1.807) is 0 Å². The molecule has 1 aliphatic rings. The van der Waals surface area contributed by atoms with Crippen molar-refractivity contribution in [2.45, 2.75) is 19.3 Å². The van der Waals surface area contributed by atoms with Gasteiger partial charge in [-0.1, -0.05) is 141 Å². The van der Waals surface area contributed by atoms with Crippen LogP contribution in [0.15, 0.2) is 168 Å². The molecule has 0 amide bonds. The summed E-state index contributed by atoms with van der Waals surface area (Å²) in [5.41, 5.74) is 12.6. The zero-order valence-corrected chi connectivity index (χ0v) is 27.4. The normalized spacial score (nSPS) is 13.3. The fourth-order valence-corrected chi connectivity index (χ4v) is 8.23. The lowest BCUT2D eigenvalue weighted by Gasteiger charge is -2.29. The van der Waals surface area contributed by atoms with Crippen molar-refractivity contribution in [3.05, 3.63) is 175 Å². The van der Waals surface area contributed by atoms with Crippen LogP contribution in [0.2, 0.25) is 0 Å². The molecule has 1 aromatic heterocycles. The average Bonchev–Trinajstić information content (AvgIpc) is 3.65. The van der Waals surface area contributed by atoms with Gasteiger partial charge in [0.25, 0.3) is 0 Å². The lowest BCUT2D eigenvalue weighted by molar-refractivity contribution is 0.660. The number of nitrogens with zero attached hydrogens (tertiary/aromatic N) is 1. The Morgan fingerprint density at radius 2 is 1.14 bits per heavy atom. The van der Waals surface area contributed by atoms with Gasteiger partial charge in [-0.05, 0) is 85.8 Å². The first kappa shape index (κ1) is 27.9. The predicted molar refractivity (Wildman–Crippen MR) is 206 cm³/mol. The molecule has 9 aromatic rings. The fraction of sp³-hybridized carbons (Fsp3) is 0.0638. The molecule has 8 aromatic carbocycles. The van der Waals surface area contributed by atoms with Crippen LogP contribution in [-0.2, 0) is 5.41 Å². The standard InChI is InChI=1S/C47H33NO/c1-47(2)39-17-8-7-15-37(39)45-40(47)18-10-19-41(45)48(35-26-23-31(24-27-35)34-22-21-30-11-3-4-13-33(30)29-34)42-20-9-16-38-44-36-14-6-5-12-32(36)25-28-43(44)49-46(38)42/h3-29H,1-2H3. The summed E-state index contributed by atoms with van der Waals surface area (Å²) in [6.45, 7) is 4.68. The Morgan fingerprint density at radius 3 is 2.02 bits per heavy atom. The van der Waals surface area contributed by atoms with Gasteiger partial charge >= 0.3 is 0 Å². The summed E-state index contributed by atoms with van der Waals surface area (Å²) in [5, 5.41) is 7.20. The molecule has 0 aliphatic heterocycles. The maximum Gasteiger partial charge on any atom is 0.159 e. The van der Waals surface area contributed by atoms with Gasteiger partial charge in [-0.2, -0.15) is 0 Å². The largest absolute Gasteiger partial charge is 0.454 e. The molecule has 0 saturated carbocycles. The van der Waals surface area contributed by atoms with Crippen LogP contribution in [0.1, 0.15) is 25.0 Å². The molecule has 1 heterocycles. The summed E-state index contributed by atoms with van der Waals surface area (Å²) in [6, 6.07) is 59.4. The number of fused-ring (bicyclic) bond motifs is 9. The minimum Gasteiger partial charge on any atom is -0.454 e. The molecule has 0 N–H and O–H groups in total. The van der Waals surface area contributed by atoms with Crippen molar-refractivity contribution in [3.63, 3.8) is 0 Å². The maximum atomic E-state index is 6.84. The summed E-state index contributed by atoms with van der Waals surface area (Å²) in [5.74, 6) is 0. The lowest BCUT2D eigenvalue weighted by atomic mass is 9.82. The summed E-state index contributed by atoms with van der Waals surface area (Å²) in [7, 11) is 0. The van der Waals surface area contributed by atoms with E-state index in [0.717, 1.165) is 39.0 Å². The molecular weight excluding hydrogens is 595 g/mol. The third-order valence-electron chi connectivity index (χ3n) is 10.6. The van der Waals surface area contributed by atoms with E-state index in [1.165, 1.54) is 54.9 Å². The zero-order chi connectivity index (χ0) is 32.7. The van der Waals surface area contributed by atoms with E-state index in [4.69, 9.17) is 4.42 Å². The van der Waals surface area contributed by atoms with Gasteiger partial charge in [-0.3, -0.25) is 0 Å². The molecule has 0 unspecified atom stereocenters. The van der Waals surface area contributed by atoms with Crippen LogP contribution in [0.5, 0.6) is 0 Å². The van der Waals surface area contributed by atoms with Gasteiger partial charge < -0.3 is 9.32 Å². The molecule has 0 radical (unpaired) electrons. The molecule has 0 atom stereocenters. The highest BCUT2D eigenvalue weighted by Gasteiger charge is 2.38. The van der Waals surface area contributed by atoms with E-state index in [0.29, 0.717) is 0 Å². The van der Waals surface area contributed by atoms with Gasteiger partial charge in [0.15, 0.2) is 5.58 Å². The van der Waals surface area contributed by atoms with Crippen molar-refractivity contribution < 1.29 is 4.42 Å². The number of furan rings is 1. The minimum absolute atomic E-state index is 0.113. The first-order valence-corrected chi connectivity index (χ1v) is 17.0. The van der Waals surface area contributed by atoms with Crippen molar-refractivity contribution in [2.24, 2.45) is 0 Å². The van der Waals surface area contributed by atoms with Crippen molar-refractivity contribution >= 4 is 60.5 Å². The number of para-hydroxylation sites is 1. The summed E-state index contributed by atoms with van der Waals surface area (Å²) in [4.78, 5) is 2.41. The topological polar surface area (TPSA) is 16.4 Å². The van der Waals surface area contributed by atoms with Crippen LogP contribution >= 0.6 is 0 Å². The van der Waals surface area contributed by atoms with Crippen molar-refractivity contribution in [1.82, 2.24) is 0 Å². The lowest BCUT2D eigenvalue weighted by Crippen LogP contribution is -2.16. The van der Waals surface area contributed by atoms with Gasteiger partial charge in [0.1, 0.15) is 5.58 Å². The highest BCUT2D eigenvalue weighted by Crippen LogP contribution is 2.55. The molecule has 2 heteroatoms. The van der Waals surface area contributed by atoms with Crippen LogP contribution in [0.4, 0.5) is 17.1 Å². The Kier molecular flexibility index (Phi) is 5.95. The highest BCUT2D eigenvalue weighted by molar-refractivity contribution is 6.21. The Bertz CT molecular complexity index is 2750. The van der Waals surface area contributed by atoms with Crippen molar-refractivity contribution in [1.29, 1.82) is 0 Å². The van der Waals surface area contributed by atoms with Crippen LogP contribution in [0.25, 0.3) is 65.7 Å². The van der Waals surface area contributed by atoms with Gasteiger partial charge in [-0.25, -0.2) is 0 Å². The zero-order valence-electron chi connectivity index (χ0n) is 27.4. The number of rotatable bonds is 4. The van der Waals surface area contributed by atoms with Gasteiger partial charge in [0.05, 0.1) is 11.4 Å². The van der Waals surface area contributed by atoms with Gasteiger partial charge in [-0.15, -0.1) is 0 Å². The molecule has 0 fully saturated rings. The summed E-state index contributed by atoms with van der Waals surface area (Å²) >= 11 is 0. The molecule has 0 bridgehead atoms.